The highest BCUT2D eigenvalue weighted by molar-refractivity contribution is 5.96. The molecule has 1 aliphatic rings. The molecule has 0 spiro atoms. The van der Waals surface area contributed by atoms with Crippen LogP contribution in [-0.4, -0.2) is 35.6 Å². The lowest BCUT2D eigenvalue weighted by Crippen LogP contribution is -2.27. The second-order valence-corrected chi connectivity index (χ2v) is 4.84. The first-order valence-electron chi connectivity index (χ1n) is 6.73. The Labute approximate surface area is 122 Å². The Morgan fingerprint density at radius 3 is 3.05 bits per heavy atom. The average molecular weight is 284 g/mol. The number of methoxy groups -OCH3 is 1. The van der Waals surface area contributed by atoms with E-state index in [4.69, 9.17) is 4.74 Å². The van der Waals surface area contributed by atoms with Crippen molar-refractivity contribution >= 4 is 17.4 Å². The predicted octanol–water partition coefficient (Wildman–Crippen LogP) is 1.70. The Hall–Kier alpha value is -2.63. The molecular weight excluding hydrogens is 268 g/mol. The van der Waals surface area contributed by atoms with Crippen LogP contribution in [0.2, 0.25) is 0 Å². The summed E-state index contributed by atoms with van der Waals surface area (Å²) in [6.45, 7) is 0.600. The Morgan fingerprint density at radius 1 is 1.38 bits per heavy atom. The number of carbonyl (C=O) groups is 1. The van der Waals surface area contributed by atoms with Crippen molar-refractivity contribution in [2.24, 2.45) is 0 Å². The monoisotopic (exact) mass is 284 g/mol. The van der Waals surface area contributed by atoms with E-state index in [-0.39, 0.29) is 11.9 Å². The summed E-state index contributed by atoms with van der Waals surface area (Å²) in [5, 5.41) is 3.23. The summed E-state index contributed by atoms with van der Waals surface area (Å²) in [6.07, 6.45) is 5.33. The lowest BCUT2D eigenvalue weighted by atomic mass is 10.2. The van der Waals surface area contributed by atoms with Crippen molar-refractivity contribution in [3.63, 3.8) is 0 Å². The zero-order valence-corrected chi connectivity index (χ0v) is 11.7. The molecule has 2 heterocycles. The summed E-state index contributed by atoms with van der Waals surface area (Å²) >= 11 is 0. The number of amides is 1. The highest BCUT2D eigenvalue weighted by Crippen LogP contribution is 2.26. The van der Waals surface area contributed by atoms with Crippen molar-refractivity contribution in [1.29, 1.82) is 0 Å². The van der Waals surface area contributed by atoms with E-state index in [1.54, 1.807) is 30.6 Å². The minimum absolute atomic E-state index is 0.0281. The van der Waals surface area contributed by atoms with E-state index in [1.807, 2.05) is 24.3 Å². The number of nitrogens with zero attached hydrogens (tertiary/aromatic N) is 3. The first-order valence-corrected chi connectivity index (χ1v) is 6.73. The topological polar surface area (TPSA) is 67.3 Å². The molecule has 1 amide bonds. The van der Waals surface area contributed by atoms with Gasteiger partial charge in [0.25, 0.3) is 0 Å². The van der Waals surface area contributed by atoms with Crippen molar-refractivity contribution in [3.8, 4) is 5.75 Å². The highest BCUT2D eigenvalue weighted by Gasteiger charge is 2.30. The molecule has 1 fully saturated rings. The zero-order valence-electron chi connectivity index (χ0n) is 11.7. The number of hydrogen-bond donors (Lipinski definition) is 1. The molecule has 0 aliphatic carbocycles. The maximum Gasteiger partial charge on any atom is 0.229 e. The summed E-state index contributed by atoms with van der Waals surface area (Å²) in [5.41, 5.74) is 0.850. The van der Waals surface area contributed by atoms with Crippen molar-refractivity contribution < 1.29 is 9.53 Å². The van der Waals surface area contributed by atoms with Crippen LogP contribution in [0.4, 0.5) is 11.5 Å². The third-order valence-corrected chi connectivity index (χ3v) is 3.41. The normalized spacial score (nSPS) is 17.9. The molecule has 21 heavy (non-hydrogen) atoms. The number of benzene rings is 1. The fourth-order valence-corrected chi connectivity index (χ4v) is 2.41. The first kappa shape index (κ1) is 13.4. The van der Waals surface area contributed by atoms with Crippen LogP contribution in [0.5, 0.6) is 5.75 Å². The fraction of sp³-hybridized carbons (Fsp3) is 0.267. The van der Waals surface area contributed by atoms with Crippen LogP contribution in [0.1, 0.15) is 6.42 Å². The van der Waals surface area contributed by atoms with Crippen molar-refractivity contribution in [2.45, 2.75) is 12.5 Å². The van der Waals surface area contributed by atoms with Gasteiger partial charge in [0.1, 0.15) is 11.6 Å². The van der Waals surface area contributed by atoms with Gasteiger partial charge >= 0.3 is 0 Å². The summed E-state index contributed by atoms with van der Waals surface area (Å²) in [4.78, 5) is 22.1. The van der Waals surface area contributed by atoms with Gasteiger partial charge in [-0.2, -0.15) is 0 Å². The van der Waals surface area contributed by atoms with E-state index in [0.717, 1.165) is 11.4 Å². The van der Waals surface area contributed by atoms with E-state index in [2.05, 4.69) is 15.3 Å². The van der Waals surface area contributed by atoms with E-state index in [0.29, 0.717) is 18.8 Å². The van der Waals surface area contributed by atoms with E-state index < -0.39 is 0 Å². The van der Waals surface area contributed by atoms with Crippen LogP contribution in [0.15, 0.2) is 42.9 Å². The predicted molar refractivity (Wildman–Crippen MR) is 79.4 cm³/mol. The minimum atomic E-state index is 0.0281. The van der Waals surface area contributed by atoms with Crippen LogP contribution < -0.4 is 15.0 Å². The molecule has 0 radical (unpaired) electrons. The van der Waals surface area contributed by atoms with E-state index in [1.165, 1.54) is 0 Å². The molecule has 1 aliphatic heterocycles. The summed E-state index contributed by atoms with van der Waals surface area (Å²) in [5.74, 6) is 1.51. The van der Waals surface area contributed by atoms with Gasteiger partial charge in [-0.1, -0.05) is 6.07 Å². The molecular formula is C15H16N4O2. The lowest BCUT2D eigenvalue weighted by molar-refractivity contribution is -0.117. The third-order valence-electron chi connectivity index (χ3n) is 3.41. The summed E-state index contributed by atoms with van der Waals surface area (Å²) in [7, 11) is 1.61. The standard InChI is InChI=1S/C15H16N4O2/c1-21-13-4-2-3-12(8-13)19-10-11(7-15(19)20)18-14-9-16-5-6-17-14/h2-6,8-9,11H,7,10H2,1H3,(H,17,18). The summed E-state index contributed by atoms with van der Waals surface area (Å²) in [6, 6.07) is 7.54. The van der Waals surface area contributed by atoms with Gasteiger partial charge in [0.05, 0.1) is 19.3 Å². The number of hydrogen-bond acceptors (Lipinski definition) is 5. The zero-order chi connectivity index (χ0) is 14.7. The molecule has 6 nitrogen and oxygen atoms in total. The number of ether oxygens (including phenoxy) is 1. The lowest BCUT2D eigenvalue weighted by Gasteiger charge is -2.18. The molecule has 1 aromatic heterocycles. The summed E-state index contributed by atoms with van der Waals surface area (Å²) < 4.78 is 5.20. The second-order valence-electron chi connectivity index (χ2n) is 4.84. The van der Waals surface area contributed by atoms with Gasteiger partial charge in [0.2, 0.25) is 5.91 Å². The molecule has 1 unspecified atom stereocenters. The van der Waals surface area contributed by atoms with Crippen molar-refractivity contribution in [2.75, 3.05) is 23.9 Å². The molecule has 1 atom stereocenters. The van der Waals surface area contributed by atoms with E-state index in [9.17, 15) is 4.79 Å². The molecule has 1 saturated heterocycles. The second kappa shape index (κ2) is 5.78. The van der Waals surface area contributed by atoms with Crippen LogP contribution in [0, 0.1) is 0 Å². The largest absolute Gasteiger partial charge is 0.497 e. The number of nitrogens with one attached hydrogen (secondary N) is 1. The van der Waals surface area contributed by atoms with Gasteiger partial charge in [-0.15, -0.1) is 0 Å². The van der Waals surface area contributed by atoms with Gasteiger partial charge in [-0.25, -0.2) is 4.98 Å². The highest BCUT2D eigenvalue weighted by atomic mass is 16.5. The molecule has 2 aromatic rings. The molecule has 1 N–H and O–H groups in total. The van der Waals surface area contributed by atoms with Gasteiger partial charge in [0.15, 0.2) is 0 Å². The minimum Gasteiger partial charge on any atom is -0.497 e. The Bertz CT molecular complexity index is 633. The van der Waals surface area contributed by atoms with Crippen molar-refractivity contribution in [3.05, 3.63) is 42.9 Å². The fourth-order valence-electron chi connectivity index (χ4n) is 2.41. The SMILES string of the molecule is COc1cccc(N2CC(Nc3cnccn3)CC2=O)c1. The average Bonchev–Trinajstić information content (AvgIpc) is 2.89. The van der Waals surface area contributed by atoms with Crippen LogP contribution in [0.25, 0.3) is 0 Å². The Balaban J connectivity index is 1.72. The molecule has 0 bridgehead atoms. The van der Waals surface area contributed by atoms with Crippen molar-refractivity contribution in [1.82, 2.24) is 9.97 Å². The number of anilines is 2. The number of rotatable bonds is 4. The van der Waals surface area contributed by atoms with Gasteiger partial charge in [0, 0.05) is 37.1 Å². The van der Waals surface area contributed by atoms with Gasteiger partial charge < -0.3 is 15.0 Å². The quantitative estimate of drug-likeness (QED) is 0.925. The van der Waals surface area contributed by atoms with E-state index >= 15 is 0 Å². The first-order chi connectivity index (χ1) is 10.3. The molecule has 0 saturated carbocycles. The molecule has 1 aromatic carbocycles. The van der Waals surface area contributed by atoms with Crippen LogP contribution >= 0.6 is 0 Å². The maximum atomic E-state index is 12.2. The Morgan fingerprint density at radius 2 is 2.29 bits per heavy atom. The maximum absolute atomic E-state index is 12.2. The molecule has 108 valence electrons. The van der Waals surface area contributed by atoms with Gasteiger partial charge in [-0.05, 0) is 12.1 Å². The Kier molecular flexibility index (Phi) is 3.68. The molecule has 3 rings (SSSR count). The van der Waals surface area contributed by atoms with Crippen LogP contribution in [0.3, 0.4) is 0 Å². The smallest absolute Gasteiger partial charge is 0.229 e. The molecule has 6 heteroatoms. The number of aromatic nitrogens is 2. The van der Waals surface area contributed by atoms with Crippen LogP contribution in [-0.2, 0) is 4.79 Å². The van der Waals surface area contributed by atoms with Gasteiger partial charge in [-0.3, -0.25) is 9.78 Å². The third kappa shape index (κ3) is 2.94. The number of carbonyl (C=O) groups excluding carboxylic acids is 1.